The largest absolute Gasteiger partial charge is 0.497 e. The van der Waals surface area contributed by atoms with Gasteiger partial charge in [-0.1, -0.05) is 30.3 Å². The Morgan fingerprint density at radius 3 is 2.52 bits per heavy atom. The fourth-order valence-corrected chi connectivity index (χ4v) is 4.09. The van der Waals surface area contributed by atoms with Crippen LogP contribution in [0.15, 0.2) is 65.7 Å². The van der Waals surface area contributed by atoms with Crippen LogP contribution in [0.25, 0.3) is 10.9 Å². The highest BCUT2D eigenvalue weighted by atomic mass is 32.2. The molecule has 0 aliphatic heterocycles. The molecule has 2 N–H and O–H groups in total. The van der Waals surface area contributed by atoms with Crippen molar-refractivity contribution in [2.45, 2.75) is 17.4 Å². The molecule has 7 nitrogen and oxygen atoms in total. The molecule has 0 spiro atoms. The van der Waals surface area contributed by atoms with Crippen molar-refractivity contribution in [3.05, 3.63) is 66.4 Å². The van der Waals surface area contributed by atoms with Gasteiger partial charge in [-0.05, 0) is 36.2 Å². The van der Waals surface area contributed by atoms with Gasteiger partial charge in [0.2, 0.25) is 10.0 Å². The number of methoxy groups -OCH3 is 1. The van der Waals surface area contributed by atoms with E-state index in [2.05, 4.69) is 9.71 Å². The minimum atomic E-state index is -4.08. The van der Waals surface area contributed by atoms with Gasteiger partial charge in [0.1, 0.15) is 16.7 Å². The third kappa shape index (κ3) is 4.24. The van der Waals surface area contributed by atoms with Gasteiger partial charge in [-0.25, -0.2) is 8.42 Å². The number of hydrogen-bond donors (Lipinski definition) is 2. The van der Waals surface area contributed by atoms with Crippen molar-refractivity contribution >= 4 is 26.9 Å². The predicted octanol–water partition coefficient (Wildman–Crippen LogP) is 2.22. The van der Waals surface area contributed by atoms with Crippen LogP contribution in [0, 0.1) is 0 Å². The minimum Gasteiger partial charge on any atom is -0.497 e. The number of hydrogen-bond acceptors (Lipinski definition) is 5. The zero-order chi connectivity index (χ0) is 19.4. The number of para-hydroxylation sites is 1. The second-order valence-electron chi connectivity index (χ2n) is 5.90. The summed E-state index contributed by atoms with van der Waals surface area (Å²) >= 11 is 0. The zero-order valence-electron chi connectivity index (χ0n) is 14.5. The first-order chi connectivity index (χ1) is 12.9. The summed E-state index contributed by atoms with van der Waals surface area (Å²) in [6.07, 6.45) is 1.49. The molecule has 0 fully saturated rings. The minimum absolute atomic E-state index is 0.00322. The summed E-state index contributed by atoms with van der Waals surface area (Å²) in [5, 5.41) is 10.1. The lowest BCUT2D eigenvalue weighted by molar-refractivity contribution is -0.138. The molecule has 0 saturated carbocycles. The number of ether oxygens (including phenoxy) is 1. The molecule has 0 bridgehead atoms. The zero-order valence-corrected chi connectivity index (χ0v) is 15.3. The van der Waals surface area contributed by atoms with Gasteiger partial charge in [-0.3, -0.25) is 9.78 Å². The second-order valence-corrected chi connectivity index (χ2v) is 7.58. The number of aromatic nitrogens is 1. The van der Waals surface area contributed by atoms with Crippen LogP contribution in [0.1, 0.15) is 5.56 Å². The lowest BCUT2D eigenvalue weighted by Gasteiger charge is -2.16. The quantitative estimate of drug-likeness (QED) is 0.645. The van der Waals surface area contributed by atoms with Crippen LogP contribution < -0.4 is 9.46 Å². The van der Waals surface area contributed by atoms with Gasteiger partial charge in [-0.15, -0.1) is 0 Å². The number of benzene rings is 2. The summed E-state index contributed by atoms with van der Waals surface area (Å²) in [4.78, 5) is 15.7. The second kappa shape index (κ2) is 7.73. The highest BCUT2D eigenvalue weighted by Gasteiger charge is 2.27. The molecular weight excluding hydrogens is 368 g/mol. The van der Waals surface area contributed by atoms with E-state index in [1.807, 2.05) is 0 Å². The lowest BCUT2D eigenvalue weighted by atomic mass is 10.1. The molecule has 0 amide bonds. The predicted molar refractivity (Wildman–Crippen MR) is 100 cm³/mol. The molecule has 1 aromatic heterocycles. The van der Waals surface area contributed by atoms with E-state index in [9.17, 15) is 18.3 Å². The van der Waals surface area contributed by atoms with Gasteiger partial charge in [0, 0.05) is 11.6 Å². The van der Waals surface area contributed by atoms with Crippen LogP contribution in [-0.4, -0.2) is 37.6 Å². The number of nitrogens with one attached hydrogen (secondary N) is 1. The Labute approximate surface area is 156 Å². The Balaban J connectivity index is 1.89. The molecule has 3 rings (SSSR count). The first-order valence-corrected chi connectivity index (χ1v) is 9.61. The van der Waals surface area contributed by atoms with E-state index >= 15 is 0 Å². The van der Waals surface area contributed by atoms with Crippen molar-refractivity contribution in [2.24, 2.45) is 0 Å². The van der Waals surface area contributed by atoms with Crippen molar-refractivity contribution in [3.63, 3.8) is 0 Å². The average Bonchev–Trinajstić information content (AvgIpc) is 2.67. The van der Waals surface area contributed by atoms with Gasteiger partial charge in [-0.2, -0.15) is 4.72 Å². The first-order valence-electron chi connectivity index (χ1n) is 8.12. The lowest BCUT2D eigenvalue weighted by Crippen LogP contribution is -2.42. The van der Waals surface area contributed by atoms with Crippen LogP contribution in [0.4, 0.5) is 0 Å². The summed E-state index contributed by atoms with van der Waals surface area (Å²) in [6.45, 7) is 0. The SMILES string of the molecule is COc1ccc(CC(NS(=O)(=O)c2cccc3cccnc23)C(=O)O)cc1. The molecule has 140 valence electrons. The molecule has 0 saturated heterocycles. The number of rotatable bonds is 7. The van der Waals surface area contributed by atoms with Crippen molar-refractivity contribution in [3.8, 4) is 5.75 Å². The molecule has 0 aliphatic rings. The topological polar surface area (TPSA) is 106 Å². The van der Waals surface area contributed by atoms with Crippen molar-refractivity contribution in [2.75, 3.05) is 7.11 Å². The number of nitrogens with zero attached hydrogens (tertiary/aromatic N) is 1. The van der Waals surface area contributed by atoms with E-state index < -0.39 is 22.0 Å². The molecule has 2 aromatic carbocycles. The highest BCUT2D eigenvalue weighted by molar-refractivity contribution is 7.89. The number of sulfonamides is 1. The maximum absolute atomic E-state index is 12.8. The molecule has 1 unspecified atom stereocenters. The number of pyridine rings is 1. The number of carbonyl (C=O) groups is 1. The van der Waals surface area contributed by atoms with Crippen molar-refractivity contribution in [1.29, 1.82) is 0 Å². The van der Waals surface area contributed by atoms with E-state index in [4.69, 9.17) is 4.74 Å². The maximum Gasteiger partial charge on any atom is 0.322 e. The third-order valence-corrected chi connectivity index (χ3v) is 5.58. The average molecular weight is 386 g/mol. The molecule has 8 heteroatoms. The summed E-state index contributed by atoms with van der Waals surface area (Å²) in [6, 6.07) is 13.7. The van der Waals surface area contributed by atoms with Crippen LogP contribution in [-0.2, 0) is 21.2 Å². The van der Waals surface area contributed by atoms with Gasteiger partial charge in [0.15, 0.2) is 0 Å². The number of carboxylic acids is 1. The van der Waals surface area contributed by atoms with E-state index in [0.29, 0.717) is 22.2 Å². The monoisotopic (exact) mass is 386 g/mol. The van der Waals surface area contributed by atoms with E-state index in [0.717, 1.165) is 0 Å². The van der Waals surface area contributed by atoms with E-state index in [1.165, 1.54) is 19.4 Å². The summed E-state index contributed by atoms with van der Waals surface area (Å²) in [5.74, 6) is -0.629. The van der Waals surface area contributed by atoms with Gasteiger partial charge >= 0.3 is 5.97 Å². The maximum atomic E-state index is 12.8. The van der Waals surface area contributed by atoms with Crippen LogP contribution in [0.5, 0.6) is 5.75 Å². The summed E-state index contributed by atoms with van der Waals surface area (Å²) < 4.78 is 33.0. The fraction of sp³-hybridized carbons (Fsp3) is 0.158. The Morgan fingerprint density at radius 1 is 1.15 bits per heavy atom. The van der Waals surface area contributed by atoms with Gasteiger partial charge < -0.3 is 9.84 Å². The van der Waals surface area contributed by atoms with Gasteiger partial charge in [0.05, 0.1) is 12.6 Å². The van der Waals surface area contributed by atoms with Gasteiger partial charge in [0.25, 0.3) is 0 Å². The van der Waals surface area contributed by atoms with Crippen LogP contribution >= 0.6 is 0 Å². The molecule has 27 heavy (non-hydrogen) atoms. The number of aliphatic carboxylic acids is 1. The molecule has 0 radical (unpaired) electrons. The Hall–Kier alpha value is -2.97. The molecule has 0 aliphatic carbocycles. The van der Waals surface area contributed by atoms with Crippen LogP contribution in [0.2, 0.25) is 0 Å². The summed E-state index contributed by atoms with van der Waals surface area (Å²) in [5.41, 5.74) is 0.961. The number of fused-ring (bicyclic) bond motifs is 1. The van der Waals surface area contributed by atoms with Crippen molar-refractivity contribution < 1.29 is 23.1 Å². The molecule has 3 aromatic rings. The molecule has 1 heterocycles. The Morgan fingerprint density at radius 2 is 1.85 bits per heavy atom. The highest BCUT2D eigenvalue weighted by Crippen LogP contribution is 2.21. The Bertz CT molecular complexity index is 1060. The third-order valence-electron chi connectivity index (χ3n) is 4.08. The number of carboxylic acid groups (broad SMARTS) is 1. The van der Waals surface area contributed by atoms with E-state index in [1.54, 1.807) is 48.5 Å². The molecular formula is C19H18N2O5S. The fourth-order valence-electron chi connectivity index (χ4n) is 2.72. The van der Waals surface area contributed by atoms with Crippen molar-refractivity contribution in [1.82, 2.24) is 9.71 Å². The molecule has 1 atom stereocenters. The Kier molecular flexibility index (Phi) is 5.38. The normalized spacial score (nSPS) is 12.6. The van der Waals surface area contributed by atoms with Crippen LogP contribution in [0.3, 0.4) is 0 Å². The summed E-state index contributed by atoms with van der Waals surface area (Å²) in [7, 11) is -2.55. The van der Waals surface area contributed by atoms with E-state index in [-0.39, 0.29) is 11.3 Å². The standard InChI is InChI=1S/C19H18N2O5S/c1-26-15-9-7-13(8-10-15)12-16(19(22)23)21-27(24,25)17-6-2-4-14-5-3-11-20-18(14)17/h2-11,16,21H,12H2,1H3,(H,22,23). The smallest absolute Gasteiger partial charge is 0.322 e. The first kappa shape index (κ1) is 18.8.